The molecule has 0 fully saturated rings. The molecule has 1 aliphatic heterocycles. The minimum Gasteiger partial charge on any atom is -0.493 e. The molecule has 1 aliphatic rings. The Balaban J connectivity index is 0.00000126. The molecule has 0 saturated heterocycles. The van der Waals surface area contributed by atoms with Gasteiger partial charge in [-0.2, -0.15) is 0 Å². The molecule has 2 heterocycles. The number of carbonyl (C=O) groups is 1. The van der Waals surface area contributed by atoms with Gasteiger partial charge in [0.25, 0.3) is 0 Å². The zero-order chi connectivity index (χ0) is 20.0. The molecule has 0 saturated carbocycles. The van der Waals surface area contributed by atoms with Crippen LogP contribution in [0.4, 0.5) is 11.4 Å². The van der Waals surface area contributed by atoms with E-state index in [0.29, 0.717) is 12.3 Å². The second-order valence-corrected chi connectivity index (χ2v) is 6.54. The monoisotopic (exact) mass is 369 g/mol. The lowest BCUT2D eigenvalue weighted by Crippen LogP contribution is -2.40. The molecule has 5 heteroatoms. The molecule has 0 radical (unpaired) electrons. The van der Waals surface area contributed by atoms with Crippen LogP contribution in [0, 0.1) is 0 Å². The van der Waals surface area contributed by atoms with Crippen molar-refractivity contribution in [1.29, 1.82) is 0 Å². The molecule has 3 rings (SSSR count). The Kier molecular flexibility index (Phi) is 7.22. The van der Waals surface area contributed by atoms with Gasteiger partial charge >= 0.3 is 0 Å². The summed E-state index contributed by atoms with van der Waals surface area (Å²) in [4.78, 5) is 18.5. The lowest BCUT2D eigenvalue weighted by molar-refractivity contribution is -0.117. The van der Waals surface area contributed by atoms with Crippen molar-refractivity contribution in [1.82, 2.24) is 4.98 Å². The Morgan fingerprint density at radius 1 is 1.30 bits per heavy atom. The van der Waals surface area contributed by atoms with E-state index in [4.69, 9.17) is 10.5 Å². The Labute approximate surface area is 162 Å². The summed E-state index contributed by atoms with van der Waals surface area (Å²) in [5, 5.41) is 0. The van der Waals surface area contributed by atoms with Gasteiger partial charge in [-0.1, -0.05) is 20.8 Å². The van der Waals surface area contributed by atoms with Crippen LogP contribution in [0.2, 0.25) is 0 Å². The predicted molar refractivity (Wildman–Crippen MR) is 112 cm³/mol. The second kappa shape index (κ2) is 9.40. The summed E-state index contributed by atoms with van der Waals surface area (Å²) in [6.45, 7) is 10.4. The first kappa shape index (κ1) is 20.7. The van der Waals surface area contributed by atoms with E-state index in [-0.39, 0.29) is 11.9 Å². The van der Waals surface area contributed by atoms with Gasteiger partial charge in [0.2, 0.25) is 5.91 Å². The maximum absolute atomic E-state index is 12.1. The number of anilines is 2. The molecule has 1 atom stereocenters. The van der Waals surface area contributed by atoms with E-state index in [1.54, 1.807) is 13.1 Å². The lowest BCUT2D eigenvalue weighted by atomic mass is 9.92. The molecule has 0 spiro atoms. The van der Waals surface area contributed by atoms with Gasteiger partial charge in [-0.05, 0) is 50.5 Å². The highest BCUT2D eigenvalue weighted by Crippen LogP contribution is 2.42. The van der Waals surface area contributed by atoms with E-state index in [2.05, 4.69) is 18.8 Å². The van der Waals surface area contributed by atoms with Gasteiger partial charge in [0.15, 0.2) is 0 Å². The third-order valence-corrected chi connectivity index (χ3v) is 4.60. The van der Waals surface area contributed by atoms with Crippen molar-refractivity contribution in [2.45, 2.75) is 59.9 Å². The van der Waals surface area contributed by atoms with E-state index in [9.17, 15) is 4.79 Å². The van der Waals surface area contributed by atoms with Gasteiger partial charge in [-0.25, -0.2) is 0 Å². The molecule has 1 amide bonds. The number of nitrogen functional groups attached to an aromatic ring is 1. The van der Waals surface area contributed by atoms with Crippen molar-refractivity contribution in [3.05, 3.63) is 36.0 Å². The Morgan fingerprint density at radius 2 is 2.04 bits per heavy atom. The van der Waals surface area contributed by atoms with Crippen molar-refractivity contribution in [3.63, 3.8) is 0 Å². The highest BCUT2D eigenvalue weighted by Gasteiger charge is 2.29. The molecule has 146 valence electrons. The van der Waals surface area contributed by atoms with Gasteiger partial charge in [0.05, 0.1) is 29.9 Å². The Bertz CT molecular complexity index is 772. The normalized spacial score (nSPS) is 15.4. The van der Waals surface area contributed by atoms with Crippen molar-refractivity contribution >= 4 is 17.3 Å². The van der Waals surface area contributed by atoms with Gasteiger partial charge in [-0.15, -0.1) is 0 Å². The quantitative estimate of drug-likeness (QED) is 0.838. The number of hydrogen-bond acceptors (Lipinski definition) is 4. The summed E-state index contributed by atoms with van der Waals surface area (Å²) in [5.41, 5.74) is 10.2. The van der Waals surface area contributed by atoms with E-state index in [0.717, 1.165) is 47.5 Å². The molecule has 27 heavy (non-hydrogen) atoms. The van der Waals surface area contributed by atoms with Crippen LogP contribution < -0.4 is 15.4 Å². The SMILES string of the molecule is CC.CCCOc1c(-c2ccc(N)cn2)ccc2c1CCC(C)N2C(C)=O. The van der Waals surface area contributed by atoms with E-state index >= 15 is 0 Å². The Hall–Kier alpha value is -2.56. The first-order valence-corrected chi connectivity index (χ1v) is 9.83. The molecule has 1 unspecified atom stereocenters. The van der Waals surface area contributed by atoms with Crippen molar-refractivity contribution in [2.24, 2.45) is 0 Å². The van der Waals surface area contributed by atoms with Crippen molar-refractivity contribution < 1.29 is 9.53 Å². The van der Waals surface area contributed by atoms with E-state index in [1.165, 1.54) is 0 Å². The van der Waals surface area contributed by atoms with Crippen LogP contribution in [0.15, 0.2) is 30.5 Å². The number of pyridine rings is 1. The van der Waals surface area contributed by atoms with Crippen LogP contribution in [0.5, 0.6) is 5.75 Å². The fraction of sp³-hybridized carbons (Fsp3) is 0.455. The van der Waals surface area contributed by atoms with E-state index in [1.807, 2.05) is 43.0 Å². The third kappa shape index (κ3) is 4.41. The fourth-order valence-electron chi connectivity index (χ4n) is 3.42. The average Bonchev–Trinajstić information content (AvgIpc) is 2.67. The van der Waals surface area contributed by atoms with Crippen LogP contribution in [0.3, 0.4) is 0 Å². The number of benzene rings is 1. The minimum atomic E-state index is 0.0632. The highest BCUT2D eigenvalue weighted by atomic mass is 16.5. The minimum absolute atomic E-state index is 0.0632. The lowest BCUT2D eigenvalue weighted by Gasteiger charge is -2.36. The standard InChI is InChI=1S/C20H25N3O2.C2H6/c1-4-11-25-20-16(18-9-6-15(21)12-22-18)8-10-19-17(20)7-5-13(2)23(19)14(3)24;1-2/h6,8-10,12-13H,4-5,7,11,21H2,1-3H3;1-2H3. The second-order valence-electron chi connectivity index (χ2n) is 6.54. The number of rotatable bonds is 4. The van der Waals surface area contributed by atoms with Gasteiger partial charge in [0, 0.05) is 24.1 Å². The van der Waals surface area contributed by atoms with Crippen LogP contribution in [0.1, 0.15) is 53.0 Å². The number of amides is 1. The van der Waals surface area contributed by atoms with Crippen LogP contribution in [0.25, 0.3) is 11.3 Å². The number of carbonyl (C=O) groups excluding carboxylic acids is 1. The summed E-state index contributed by atoms with van der Waals surface area (Å²) in [7, 11) is 0. The average molecular weight is 370 g/mol. The molecular formula is C22H31N3O2. The highest BCUT2D eigenvalue weighted by molar-refractivity contribution is 5.95. The smallest absolute Gasteiger partial charge is 0.224 e. The number of aromatic nitrogens is 1. The van der Waals surface area contributed by atoms with E-state index < -0.39 is 0 Å². The van der Waals surface area contributed by atoms with Crippen LogP contribution in [-0.4, -0.2) is 23.5 Å². The fourth-order valence-corrected chi connectivity index (χ4v) is 3.42. The number of hydrogen-bond donors (Lipinski definition) is 1. The summed E-state index contributed by atoms with van der Waals surface area (Å²) >= 11 is 0. The van der Waals surface area contributed by atoms with Crippen LogP contribution >= 0.6 is 0 Å². The molecule has 2 aromatic rings. The maximum Gasteiger partial charge on any atom is 0.224 e. The summed E-state index contributed by atoms with van der Waals surface area (Å²) in [5.74, 6) is 0.906. The third-order valence-electron chi connectivity index (χ3n) is 4.60. The van der Waals surface area contributed by atoms with Crippen molar-refractivity contribution in [3.8, 4) is 17.0 Å². The number of nitrogens with two attached hydrogens (primary N) is 1. The molecule has 0 aliphatic carbocycles. The number of nitrogens with zero attached hydrogens (tertiary/aromatic N) is 2. The topological polar surface area (TPSA) is 68.5 Å². The predicted octanol–water partition coefficient (Wildman–Crippen LogP) is 4.83. The molecule has 1 aromatic heterocycles. The van der Waals surface area contributed by atoms with Crippen LogP contribution in [-0.2, 0) is 11.2 Å². The first-order chi connectivity index (χ1) is 13.0. The maximum atomic E-state index is 12.1. The summed E-state index contributed by atoms with van der Waals surface area (Å²) < 4.78 is 6.12. The summed E-state index contributed by atoms with van der Waals surface area (Å²) in [6, 6.07) is 7.96. The number of ether oxygens (including phenoxy) is 1. The first-order valence-electron chi connectivity index (χ1n) is 9.83. The largest absolute Gasteiger partial charge is 0.493 e. The molecule has 0 bridgehead atoms. The molecule has 5 nitrogen and oxygen atoms in total. The molecule has 1 aromatic carbocycles. The zero-order valence-electron chi connectivity index (χ0n) is 17.1. The summed E-state index contributed by atoms with van der Waals surface area (Å²) in [6.07, 6.45) is 4.39. The molecular weight excluding hydrogens is 338 g/mol. The van der Waals surface area contributed by atoms with Gasteiger partial charge in [0.1, 0.15) is 5.75 Å². The Morgan fingerprint density at radius 3 is 2.63 bits per heavy atom. The van der Waals surface area contributed by atoms with Crippen molar-refractivity contribution in [2.75, 3.05) is 17.2 Å². The van der Waals surface area contributed by atoms with Gasteiger partial charge < -0.3 is 15.4 Å². The van der Waals surface area contributed by atoms with Gasteiger partial charge in [-0.3, -0.25) is 9.78 Å². The zero-order valence-corrected chi connectivity index (χ0v) is 17.1. The molecule has 2 N–H and O–H groups in total. The number of fused-ring (bicyclic) bond motifs is 1.